The number of amides is 1. The molecule has 0 radical (unpaired) electrons. The summed E-state index contributed by atoms with van der Waals surface area (Å²) in [6.07, 6.45) is 0.317. The molecule has 2 aromatic heterocycles. The summed E-state index contributed by atoms with van der Waals surface area (Å²) in [6, 6.07) is 8.59. The number of carbonyl (C=O) groups is 2. The zero-order valence-electron chi connectivity index (χ0n) is 15.6. The molecule has 0 unspecified atom stereocenters. The molecule has 0 bridgehead atoms. The van der Waals surface area contributed by atoms with Crippen molar-refractivity contribution in [3.8, 4) is 6.07 Å². The Morgan fingerprint density at radius 3 is 2.82 bits per heavy atom. The predicted octanol–water partition coefficient (Wildman–Crippen LogP) is 1.73. The third-order valence-electron chi connectivity index (χ3n) is 4.29. The maximum Gasteiger partial charge on any atom is 0.311 e. The number of rotatable bonds is 5. The van der Waals surface area contributed by atoms with Crippen molar-refractivity contribution in [3.63, 3.8) is 0 Å². The van der Waals surface area contributed by atoms with Crippen molar-refractivity contribution in [2.24, 2.45) is 0 Å². The topological polar surface area (TPSA) is 122 Å². The highest BCUT2D eigenvalue weighted by atomic mass is 16.5. The molecule has 28 heavy (non-hydrogen) atoms. The van der Waals surface area contributed by atoms with Gasteiger partial charge in [0.2, 0.25) is 0 Å². The molecule has 3 rings (SSSR count). The first-order valence-electron chi connectivity index (χ1n) is 8.56. The summed E-state index contributed by atoms with van der Waals surface area (Å²) in [5, 5.41) is 15.8. The molecule has 0 aliphatic rings. The first kappa shape index (κ1) is 19.0. The Labute approximate surface area is 161 Å². The van der Waals surface area contributed by atoms with Gasteiger partial charge in [-0.05, 0) is 32.9 Å². The molecular formula is C19H18N6O3. The average Bonchev–Trinajstić information content (AvgIpc) is 3.14. The second kappa shape index (κ2) is 7.84. The van der Waals surface area contributed by atoms with Crippen molar-refractivity contribution in [2.45, 2.75) is 33.3 Å². The summed E-state index contributed by atoms with van der Waals surface area (Å²) in [6.45, 7) is 5.06. The van der Waals surface area contributed by atoms with Gasteiger partial charge in [0.15, 0.2) is 6.10 Å². The number of nitriles is 1. The van der Waals surface area contributed by atoms with Gasteiger partial charge < -0.3 is 10.1 Å². The van der Waals surface area contributed by atoms with Crippen LogP contribution in [0.5, 0.6) is 0 Å². The summed E-state index contributed by atoms with van der Waals surface area (Å²) < 4.78 is 6.80. The Morgan fingerprint density at radius 1 is 1.32 bits per heavy atom. The number of carbonyl (C=O) groups excluding carboxylic acids is 2. The molecule has 1 aromatic carbocycles. The molecule has 0 spiro atoms. The Kier molecular flexibility index (Phi) is 5.31. The van der Waals surface area contributed by atoms with Gasteiger partial charge in [0.05, 0.1) is 17.7 Å². The van der Waals surface area contributed by atoms with Crippen LogP contribution in [0.3, 0.4) is 0 Å². The van der Waals surface area contributed by atoms with E-state index >= 15 is 0 Å². The minimum Gasteiger partial charge on any atom is -0.452 e. The van der Waals surface area contributed by atoms with Crippen LogP contribution in [0.1, 0.15) is 29.4 Å². The van der Waals surface area contributed by atoms with E-state index in [9.17, 15) is 9.59 Å². The molecule has 2 heterocycles. The molecule has 3 aromatic rings. The van der Waals surface area contributed by atoms with Gasteiger partial charge in [-0.25, -0.2) is 9.50 Å². The highest BCUT2D eigenvalue weighted by molar-refractivity contribution is 5.96. The van der Waals surface area contributed by atoms with Crippen LogP contribution in [0.15, 0.2) is 30.6 Å². The van der Waals surface area contributed by atoms with Gasteiger partial charge >= 0.3 is 5.97 Å². The number of hydrogen-bond donors (Lipinski definition) is 1. The van der Waals surface area contributed by atoms with Crippen LogP contribution in [0, 0.1) is 25.2 Å². The largest absolute Gasteiger partial charge is 0.452 e. The molecule has 9 nitrogen and oxygen atoms in total. The van der Waals surface area contributed by atoms with Crippen LogP contribution in [-0.2, 0) is 20.7 Å². The summed E-state index contributed by atoms with van der Waals surface area (Å²) in [7, 11) is 0. The van der Waals surface area contributed by atoms with Crippen LogP contribution in [0.25, 0.3) is 5.78 Å². The lowest BCUT2D eigenvalue weighted by Gasteiger charge is -2.15. The van der Waals surface area contributed by atoms with Gasteiger partial charge in [0.1, 0.15) is 12.4 Å². The van der Waals surface area contributed by atoms with Crippen LogP contribution in [0.4, 0.5) is 5.69 Å². The second-order valence-corrected chi connectivity index (χ2v) is 6.19. The Bertz CT molecular complexity index is 1100. The molecule has 1 atom stereocenters. The third-order valence-corrected chi connectivity index (χ3v) is 4.29. The van der Waals surface area contributed by atoms with Crippen LogP contribution in [0.2, 0.25) is 0 Å². The maximum atomic E-state index is 12.4. The highest BCUT2D eigenvalue weighted by Crippen LogP contribution is 2.16. The van der Waals surface area contributed by atoms with Crippen LogP contribution >= 0.6 is 0 Å². The predicted molar refractivity (Wildman–Crippen MR) is 99.3 cm³/mol. The number of hydrogen-bond acceptors (Lipinski definition) is 7. The van der Waals surface area contributed by atoms with E-state index in [4.69, 9.17) is 10.00 Å². The monoisotopic (exact) mass is 378 g/mol. The third kappa shape index (κ3) is 3.81. The molecular weight excluding hydrogens is 360 g/mol. The smallest absolute Gasteiger partial charge is 0.311 e. The molecule has 0 fully saturated rings. The van der Waals surface area contributed by atoms with E-state index in [1.165, 1.54) is 13.3 Å². The van der Waals surface area contributed by atoms with Crippen molar-refractivity contribution in [2.75, 3.05) is 5.32 Å². The Balaban J connectivity index is 1.68. The summed E-state index contributed by atoms with van der Waals surface area (Å²) >= 11 is 0. The number of nitrogens with zero attached hydrogens (tertiary/aromatic N) is 5. The lowest BCUT2D eigenvalue weighted by Crippen LogP contribution is -2.31. The van der Waals surface area contributed by atoms with E-state index in [-0.39, 0.29) is 6.42 Å². The molecule has 9 heteroatoms. The van der Waals surface area contributed by atoms with Crippen molar-refractivity contribution >= 4 is 23.3 Å². The Morgan fingerprint density at radius 2 is 2.07 bits per heavy atom. The van der Waals surface area contributed by atoms with Crippen molar-refractivity contribution in [1.29, 1.82) is 5.26 Å². The first-order chi connectivity index (χ1) is 13.4. The summed E-state index contributed by atoms with van der Waals surface area (Å²) in [5.41, 5.74) is 2.75. The number of nitrogens with one attached hydrogen (secondary N) is 1. The number of benzene rings is 1. The molecule has 0 saturated heterocycles. The van der Waals surface area contributed by atoms with Gasteiger partial charge in [-0.15, -0.1) is 0 Å². The lowest BCUT2D eigenvalue weighted by atomic mass is 10.1. The van der Waals surface area contributed by atoms with Crippen LogP contribution < -0.4 is 5.32 Å². The molecule has 0 saturated carbocycles. The number of esters is 1. The molecule has 1 amide bonds. The number of para-hydroxylation sites is 1. The zero-order valence-corrected chi connectivity index (χ0v) is 15.6. The van der Waals surface area contributed by atoms with E-state index in [0.29, 0.717) is 28.3 Å². The minimum atomic E-state index is -1.03. The first-order valence-corrected chi connectivity index (χ1v) is 8.56. The van der Waals surface area contributed by atoms with E-state index in [1.807, 2.05) is 13.0 Å². The lowest BCUT2D eigenvalue weighted by molar-refractivity contribution is -0.152. The van der Waals surface area contributed by atoms with Crippen LogP contribution in [-0.4, -0.2) is 37.6 Å². The highest BCUT2D eigenvalue weighted by Gasteiger charge is 2.21. The fraction of sp³-hybridized carbons (Fsp3) is 0.263. The Hall–Kier alpha value is -3.80. The molecule has 142 valence electrons. The van der Waals surface area contributed by atoms with E-state index < -0.39 is 18.0 Å². The maximum absolute atomic E-state index is 12.4. The number of fused-ring (bicyclic) bond motifs is 1. The van der Waals surface area contributed by atoms with E-state index in [0.717, 1.165) is 5.69 Å². The summed E-state index contributed by atoms with van der Waals surface area (Å²) in [4.78, 5) is 33.0. The quantitative estimate of drug-likeness (QED) is 0.671. The van der Waals surface area contributed by atoms with Crippen molar-refractivity contribution in [3.05, 3.63) is 53.1 Å². The number of aromatic nitrogens is 4. The van der Waals surface area contributed by atoms with Gasteiger partial charge in [-0.1, -0.05) is 12.1 Å². The minimum absolute atomic E-state index is 0.0487. The number of ether oxygens (including phenoxy) is 1. The second-order valence-electron chi connectivity index (χ2n) is 6.19. The molecule has 1 N–H and O–H groups in total. The van der Waals surface area contributed by atoms with Gasteiger partial charge in [-0.3, -0.25) is 9.59 Å². The van der Waals surface area contributed by atoms with Crippen molar-refractivity contribution < 1.29 is 14.3 Å². The van der Waals surface area contributed by atoms with Crippen molar-refractivity contribution in [1.82, 2.24) is 19.6 Å². The van der Waals surface area contributed by atoms with Gasteiger partial charge in [0, 0.05) is 17.0 Å². The van der Waals surface area contributed by atoms with Gasteiger partial charge in [-0.2, -0.15) is 15.3 Å². The normalized spacial score (nSPS) is 11.6. The standard InChI is InChI=1S/C19H18N6O3/c1-11-15(12(2)25-19(23-11)21-10-22-25)8-17(26)28-13(3)18(27)24-16-7-5-4-6-14(16)9-20/h4-7,10,13H,8H2,1-3H3,(H,24,27)/t13-/m0/s1. The average molecular weight is 378 g/mol. The number of aryl methyl sites for hydroxylation is 2. The van der Waals surface area contributed by atoms with E-state index in [2.05, 4.69) is 20.4 Å². The molecule has 0 aliphatic heterocycles. The SMILES string of the molecule is Cc1nc2ncnn2c(C)c1CC(=O)O[C@@H](C)C(=O)Nc1ccccc1C#N. The number of anilines is 1. The fourth-order valence-electron chi connectivity index (χ4n) is 2.77. The molecule has 0 aliphatic carbocycles. The van der Waals surface area contributed by atoms with E-state index in [1.54, 1.807) is 35.7 Å². The fourth-order valence-corrected chi connectivity index (χ4v) is 2.77. The summed E-state index contributed by atoms with van der Waals surface area (Å²) in [5.74, 6) is -0.631. The van der Waals surface area contributed by atoms with Gasteiger partial charge in [0.25, 0.3) is 11.7 Å². The zero-order chi connectivity index (χ0) is 20.3.